The average Bonchev–Trinajstić information content (AvgIpc) is 2.77. The van der Waals surface area contributed by atoms with Gasteiger partial charge >= 0.3 is 0 Å². The quantitative estimate of drug-likeness (QED) is 0.908. The highest BCUT2D eigenvalue weighted by atomic mass is 16.5. The normalized spacial score (nSPS) is 10.8. The number of likely N-dealkylation sites (N-methyl/N-ethyl adjacent to an activating group) is 1. The molecular formula is C15H19N3O2. The molecule has 0 aliphatic heterocycles. The second kappa shape index (κ2) is 6.34. The van der Waals surface area contributed by atoms with Crippen LogP contribution >= 0.6 is 0 Å². The molecule has 5 heteroatoms. The molecule has 1 aromatic carbocycles. The lowest BCUT2D eigenvalue weighted by Crippen LogP contribution is -2.29. The van der Waals surface area contributed by atoms with E-state index < -0.39 is 0 Å². The van der Waals surface area contributed by atoms with Crippen LogP contribution < -0.4 is 5.32 Å². The van der Waals surface area contributed by atoms with Gasteiger partial charge in [-0.3, -0.25) is 15.0 Å². The number of hydrogen-bond acceptors (Lipinski definition) is 4. The van der Waals surface area contributed by atoms with Gasteiger partial charge in [-0.1, -0.05) is 29.4 Å². The fourth-order valence-corrected chi connectivity index (χ4v) is 1.98. The molecule has 0 aliphatic carbocycles. The van der Waals surface area contributed by atoms with Gasteiger partial charge < -0.3 is 4.52 Å². The summed E-state index contributed by atoms with van der Waals surface area (Å²) in [5, 5.41) is 6.41. The van der Waals surface area contributed by atoms with E-state index in [1.165, 1.54) is 11.1 Å². The molecule has 0 saturated carbocycles. The largest absolute Gasteiger partial charge is 0.338 e. The van der Waals surface area contributed by atoms with Crippen molar-refractivity contribution in [1.82, 2.24) is 10.1 Å². The van der Waals surface area contributed by atoms with E-state index in [2.05, 4.69) is 29.5 Å². The summed E-state index contributed by atoms with van der Waals surface area (Å²) in [5.74, 6) is 0.272. The second-order valence-electron chi connectivity index (χ2n) is 4.98. The molecule has 1 heterocycles. The molecule has 1 aromatic heterocycles. The lowest BCUT2D eigenvalue weighted by molar-refractivity contribution is -0.117. The van der Waals surface area contributed by atoms with Gasteiger partial charge in [0.25, 0.3) is 0 Å². The number of aromatic nitrogens is 1. The summed E-state index contributed by atoms with van der Waals surface area (Å²) in [6.07, 6.45) is 0. The molecule has 20 heavy (non-hydrogen) atoms. The minimum Gasteiger partial charge on any atom is -0.338 e. The Bertz CT molecular complexity index is 592. The molecule has 0 aliphatic rings. The minimum atomic E-state index is -0.114. The van der Waals surface area contributed by atoms with Crippen molar-refractivity contribution in [2.24, 2.45) is 0 Å². The Labute approximate surface area is 118 Å². The molecule has 0 saturated heterocycles. The number of carbonyl (C=O) groups is 1. The van der Waals surface area contributed by atoms with Crippen LogP contribution in [0.2, 0.25) is 0 Å². The van der Waals surface area contributed by atoms with Crippen LogP contribution in [0.25, 0.3) is 0 Å². The van der Waals surface area contributed by atoms with Crippen LogP contribution in [0.4, 0.5) is 5.88 Å². The minimum absolute atomic E-state index is 0.114. The van der Waals surface area contributed by atoms with Crippen LogP contribution in [0.3, 0.4) is 0 Å². The summed E-state index contributed by atoms with van der Waals surface area (Å²) in [6.45, 7) is 4.91. The molecule has 1 amide bonds. The number of aryl methyl sites for hydroxylation is 2. The first-order valence-corrected chi connectivity index (χ1v) is 6.51. The number of rotatable bonds is 5. The molecule has 0 atom stereocenters. The summed E-state index contributed by atoms with van der Waals surface area (Å²) in [4.78, 5) is 13.8. The van der Waals surface area contributed by atoms with E-state index in [-0.39, 0.29) is 5.91 Å². The van der Waals surface area contributed by atoms with Gasteiger partial charge in [-0.15, -0.1) is 0 Å². The van der Waals surface area contributed by atoms with Crippen LogP contribution in [0.5, 0.6) is 0 Å². The first kappa shape index (κ1) is 14.3. The Hall–Kier alpha value is -2.14. The van der Waals surface area contributed by atoms with Crippen molar-refractivity contribution in [3.63, 3.8) is 0 Å². The molecule has 2 aromatic rings. The predicted molar refractivity (Wildman–Crippen MR) is 77.4 cm³/mol. The van der Waals surface area contributed by atoms with Crippen molar-refractivity contribution in [2.45, 2.75) is 20.4 Å². The molecule has 5 nitrogen and oxygen atoms in total. The van der Waals surface area contributed by atoms with E-state index in [1.54, 1.807) is 6.07 Å². The predicted octanol–water partition coefficient (Wildman–Crippen LogP) is 2.36. The van der Waals surface area contributed by atoms with Crippen molar-refractivity contribution >= 4 is 11.8 Å². The molecule has 2 rings (SSSR count). The zero-order chi connectivity index (χ0) is 14.5. The van der Waals surface area contributed by atoms with Crippen molar-refractivity contribution in [2.75, 3.05) is 18.9 Å². The van der Waals surface area contributed by atoms with Gasteiger partial charge in [-0.2, -0.15) is 0 Å². The Kier molecular flexibility index (Phi) is 4.53. The molecule has 0 fully saturated rings. The SMILES string of the molecule is Cc1cc(NC(=O)CN(C)Cc2ccccc2C)on1. The number of benzene rings is 1. The highest BCUT2D eigenvalue weighted by molar-refractivity contribution is 5.90. The number of carbonyl (C=O) groups excluding carboxylic acids is 1. The van der Waals surface area contributed by atoms with E-state index in [9.17, 15) is 4.79 Å². The Morgan fingerprint density at radius 2 is 2.10 bits per heavy atom. The van der Waals surface area contributed by atoms with Crippen LogP contribution in [-0.2, 0) is 11.3 Å². The average molecular weight is 273 g/mol. The molecule has 0 spiro atoms. The summed E-state index contributed by atoms with van der Waals surface area (Å²) in [7, 11) is 1.91. The number of anilines is 1. The van der Waals surface area contributed by atoms with Gasteiger partial charge in [0.2, 0.25) is 11.8 Å². The zero-order valence-electron chi connectivity index (χ0n) is 12.0. The van der Waals surface area contributed by atoms with Gasteiger partial charge in [-0.25, -0.2) is 0 Å². The summed E-state index contributed by atoms with van der Waals surface area (Å²) >= 11 is 0. The van der Waals surface area contributed by atoms with E-state index in [1.807, 2.05) is 31.0 Å². The van der Waals surface area contributed by atoms with E-state index >= 15 is 0 Å². The monoisotopic (exact) mass is 273 g/mol. The lowest BCUT2D eigenvalue weighted by atomic mass is 10.1. The Morgan fingerprint density at radius 3 is 2.75 bits per heavy atom. The fourth-order valence-electron chi connectivity index (χ4n) is 1.98. The van der Waals surface area contributed by atoms with Crippen molar-refractivity contribution in [1.29, 1.82) is 0 Å². The summed E-state index contributed by atoms with van der Waals surface area (Å²) < 4.78 is 4.95. The Balaban J connectivity index is 1.86. The maximum Gasteiger partial charge on any atom is 0.240 e. The third kappa shape index (κ3) is 3.93. The zero-order valence-corrected chi connectivity index (χ0v) is 12.0. The molecular weight excluding hydrogens is 254 g/mol. The standard InChI is InChI=1S/C15H19N3O2/c1-11-6-4-5-7-13(11)9-18(3)10-14(19)16-15-8-12(2)17-20-15/h4-8H,9-10H2,1-3H3,(H,16,19). The first-order chi connectivity index (χ1) is 9.54. The molecule has 106 valence electrons. The fraction of sp³-hybridized carbons (Fsp3) is 0.333. The van der Waals surface area contributed by atoms with Gasteiger partial charge in [0.15, 0.2) is 0 Å². The number of hydrogen-bond donors (Lipinski definition) is 1. The second-order valence-corrected chi connectivity index (χ2v) is 4.98. The van der Waals surface area contributed by atoms with Crippen LogP contribution in [-0.4, -0.2) is 29.6 Å². The third-order valence-electron chi connectivity index (χ3n) is 3.01. The smallest absolute Gasteiger partial charge is 0.240 e. The highest BCUT2D eigenvalue weighted by Crippen LogP contribution is 2.10. The van der Waals surface area contributed by atoms with Crippen LogP contribution in [0, 0.1) is 13.8 Å². The van der Waals surface area contributed by atoms with Crippen molar-refractivity contribution < 1.29 is 9.32 Å². The number of amides is 1. The third-order valence-corrected chi connectivity index (χ3v) is 3.01. The topological polar surface area (TPSA) is 58.4 Å². The van der Waals surface area contributed by atoms with E-state index in [0.29, 0.717) is 12.4 Å². The highest BCUT2D eigenvalue weighted by Gasteiger charge is 2.10. The van der Waals surface area contributed by atoms with E-state index in [4.69, 9.17) is 4.52 Å². The van der Waals surface area contributed by atoms with Gasteiger partial charge in [0.05, 0.1) is 12.2 Å². The maximum absolute atomic E-state index is 11.9. The molecule has 0 bridgehead atoms. The number of nitrogens with zero attached hydrogens (tertiary/aromatic N) is 2. The molecule has 1 N–H and O–H groups in total. The van der Waals surface area contributed by atoms with Gasteiger partial charge in [0, 0.05) is 12.6 Å². The van der Waals surface area contributed by atoms with Gasteiger partial charge in [-0.05, 0) is 32.0 Å². The van der Waals surface area contributed by atoms with Crippen LogP contribution in [0.15, 0.2) is 34.9 Å². The van der Waals surface area contributed by atoms with Crippen molar-refractivity contribution in [3.05, 3.63) is 47.2 Å². The lowest BCUT2D eigenvalue weighted by Gasteiger charge is -2.17. The summed E-state index contributed by atoms with van der Waals surface area (Å²) in [5.41, 5.74) is 3.19. The summed E-state index contributed by atoms with van der Waals surface area (Å²) in [6, 6.07) is 9.86. The van der Waals surface area contributed by atoms with Crippen LogP contribution in [0.1, 0.15) is 16.8 Å². The van der Waals surface area contributed by atoms with Gasteiger partial charge in [0.1, 0.15) is 0 Å². The van der Waals surface area contributed by atoms with Crippen molar-refractivity contribution in [3.8, 4) is 0 Å². The number of nitrogens with one attached hydrogen (secondary N) is 1. The first-order valence-electron chi connectivity index (χ1n) is 6.51. The molecule has 0 radical (unpaired) electrons. The molecule has 0 unspecified atom stereocenters. The van der Waals surface area contributed by atoms with E-state index in [0.717, 1.165) is 12.2 Å². The maximum atomic E-state index is 11.9. The Morgan fingerprint density at radius 1 is 1.35 bits per heavy atom.